The summed E-state index contributed by atoms with van der Waals surface area (Å²) in [6.45, 7) is -0.610. The van der Waals surface area contributed by atoms with Gasteiger partial charge in [0.25, 0.3) is 5.91 Å². The van der Waals surface area contributed by atoms with Crippen LogP contribution in [-0.4, -0.2) is 88.9 Å². The van der Waals surface area contributed by atoms with Crippen molar-refractivity contribution >= 4 is 58.6 Å². The van der Waals surface area contributed by atoms with Gasteiger partial charge in [-0.1, -0.05) is 29.3 Å². The number of carbonyl (C=O) groups excluding carboxylic acids is 5. The van der Waals surface area contributed by atoms with E-state index in [1.807, 2.05) is 0 Å². The van der Waals surface area contributed by atoms with Gasteiger partial charge in [-0.15, -0.1) is 0 Å². The molecular weight excluding hydrogens is 531 g/mol. The van der Waals surface area contributed by atoms with Crippen molar-refractivity contribution in [1.29, 1.82) is 0 Å². The Kier molecular flexibility index (Phi) is 9.46. The number of Topliss-reactive ketones (excluding diaryl/α,β-unsaturated/α-hetero) is 1. The molecule has 1 aromatic carbocycles. The van der Waals surface area contributed by atoms with Crippen molar-refractivity contribution in [3.8, 4) is 0 Å². The van der Waals surface area contributed by atoms with Gasteiger partial charge in [0, 0.05) is 13.0 Å². The van der Waals surface area contributed by atoms with Gasteiger partial charge in [0.2, 0.25) is 11.8 Å². The smallest absolute Gasteiger partial charge is 0.341 e. The maximum atomic E-state index is 13.2. The molecule has 3 amide bonds. The van der Waals surface area contributed by atoms with Crippen LogP contribution < -0.4 is 10.6 Å². The van der Waals surface area contributed by atoms with Gasteiger partial charge in [-0.3, -0.25) is 29.0 Å². The lowest BCUT2D eigenvalue weighted by atomic mass is 10.0. The molecule has 1 aromatic rings. The highest BCUT2D eigenvalue weighted by molar-refractivity contribution is 6.39. The average Bonchev–Trinajstić information content (AvgIpc) is 2.97. The summed E-state index contributed by atoms with van der Waals surface area (Å²) in [5, 5.41) is 16.8. The van der Waals surface area contributed by atoms with E-state index in [0.29, 0.717) is 6.42 Å². The van der Waals surface area contributed by atoms with Crippen molar-refractivity contribution in [3.63, 3.8) is 0 Å². The van der Waals surface area contributed by atoms with Gasteiger partial charge in [-0.05, 0) is 38.4 Å². The molecule has 0 unspecified atom stereocenters. The number of ketones is 1. The number of benzene rings is 1. The molecule has 2 fully saturated rings. The minimum absolute atomic E-state index is 0.00118. The Morgan fingerprint density at radius 3 is 2.46 bits per heavy atom. The number of hydrazine groups is 1. The molecule has 0 spiro atoms. The summed E-state index contributed by atoms with van der Waals surface area (Å²) in [4.78, 5) is 75.4. The Bertz CT molecular complexity index is 1090. The molecule has 2 heterocycles. The van der Waals surface area contributed by atoms with Crippen molar-refractivity contribution in [2.75, 3.05) is 20.2 Å². The molecule has 0 saturated carbocycles. The minimum atomic E-state index is -1.56. The fraction of sp³-hybridized carbons (Fsp3) is 0.478. The van der Waals surface area contributed by atoms with Crippen LogP contribution in [0.3, 0.4) is 0 Å². The van der Waals surface area contributed by atoms with Gasteiger partial charge >= 0.3 is 11.9 Å². The normalized spacial score (nSPS) is 20.5. The number of carboxylic acids is 1. The number of aliphatic carboxylic acids is 1. The molecule has 14 heteroatoms. The van der Waals surface area contributed by atoms with E-state index in [1.54, 1.807) is 7.05 Å². The lowest BCUT2D eigenvalue weighted by Gasteiger charge is -2.43. The monoisotopic (exact) mass is 556 g/mol. The number of nitrogens with one attached hydrogen (secondary N) is 2. The summed E-state index contributed by atoms with van der Waals surface area (Å²) in [6.07, 6.45) is 0.203. The highest BCUT2D eigenvalue weighted by atomic mass is 35.5. The highest BCUT2D eigenvalue weighted by Crippen LogP contribution is 2.26. The maximum absolute atomic E-state index is 13.2. The molecule has 0 aromatic heterocycles. The van der Waals surface area contributed by atoms with Crippen LogP contribution in [0, 0.1) is 0 Å². The predicted molar refractivity (Wildman–Crippen MR) is 130 cm³/mol. The van der Waals surface area contributed by atoms with Crippen LogP contribution in [0.15, 0.2) is 18.2 Å². The maximum Gasteiger partial charge on any atom is 0.341 e. The van der Waals surface area contributed by atoms with Gasteiger partial charge in [-0.2, -0.15) is 0 Å². The fourth-order valence-corrected chi connectivity index (χ4v) is 4.78. The predicted octanol–water partition coefficient (Wildman–Crippen LogP) is 0.795. The zero-order valence-corrected chi connectivity index (χ0v) is 21.4. The summed E-state index contributed by atoms with van der Waals surface area (Å²) in [5.41, 5.74) is -0.164. The van der Waals surface area contributed by atoms with Crippen LogP contribution in [0.2, 0.25) is 10.0 Å². The molecule has 0 aliphatic carbocycles. The van der Waals surface area contributed by atoms with Crippen molar-refractivity contribution in [2.45, 2.75) is 50.2 Å². The number of carbonyl (C=O) groups is 6. The van der Waals surface area contributed by atoms with Crippen molar-refractivity contribution < 1.29 is 38.6 Å². The molecule has 2 aliphatic heterocycles. The quantitative estimate of drug-likeness (QED) is 0.373. The lowest BCUT2D eigenvalue weighted by molar-refractivity contribution is -0.176. The van der Waals surface area contributed by atoms with E-state index in [-0.39, 0.29) is 47.3 Å². The van der Waals surface area contributed by atoms with Crippen LogP contribution >= 0.6 is 23.2 Å². The third-order valence-corrected chi connectivity index (χ3v) is 6.74. The van der Waals surface area contributed by atoms with Crippen LogP contribution in [0.5, 0.6) is 0 Å². The van der Waals surface area contributed by atoms with Gasteiger partial charge < -0.3 is 20.5 Å². The summed E-state index contributed by atoms with van der Waals surface area (Å²) < 4.78 is 4.98. The van der Waals surface area contributed by atoms with Crippen LogP contribution in [0.25, 0.3) is 0 Å². The second-order valence-electron chi connectivity index (χ2n) is 8.54. The molecule has 3 atom stereocenters. The summed E-state index contributed by atoms with van der Waals surface area (Å²) in [6, 6.07) is 0.939. The van der Waals surface area contributed by atoms with E-state index in [4.69, 9.17) is 27.9 Å². The minimum Gasteiger partial charge on any atom is -0.481 e. The van der Waals surface area contributed by atoms with E-state index in [1.165, 1.54) is 23.2 Å². The SMILES string of the molecule is CN[C@H]1CCC(=O)N2CCC[C@@H](C(=O)N[C@@H](CC(=O)O)C(=O)COC(=O)c3c(Cl)cccc3Cl)N2C1=O. The lowest BCUT2D eigenvalue weighted by Crippen LogP contribution is -2.64. The Hall–Kier alpha value is -3.22. The topological polar surface area (TPSA) is 162 Å². The summed E-state index contributed by atoms with van der Waals surface area (Å²) in [7, 11) is 1.57. The number of ether oxygens (including phenoxy) is 1. The first kappa shape index (κ1) is 28.4. The number of likely N-dealkylation sites (N-methyl/N-ethyl adjacent to an activating group) is 1. The third-order valence-electron chi connectivity index (χ3n) is 6.11. The Morgan fingerprint density at radius 2 is 1.84 bits per heavy atom. The molecule has 3 N–H and O–H groups in total. The van der Waals surface area contributed by atoms with Crippen molar-refractivity contribution in [3.05, 3.63) is 33.8 Å². The number of nitrogens with zero attached hydrogens (tertiary/aromatic N) is 2. The zero-order valence-electron chi connectivity index (χ0n) is 19.9. The Balaban J connectivity index is 1.74. The molecule has 2 saturated heterocycles. The zero-order chi connectivity index (χ0) is 27.3. The Morgan fingerprint density at radius 1 is 1.16 bits per heavy atom. The van der Waals surface area contributed by atoms with E-state index in [2.05, 4.69) is 10.6 Å². The Labute approximate surface area is 222 Å². The number of hydrogen-bond acceptors (Lipinski definition) is 8. The third kappa shape index (κ3) is 6.56. The molecule has 0 bridgehead atoms. The van der Waals surface area contributed by atoms with Crippen molar-refractivity contribution in [2.24, 2.45) is 0 Å². The number of esters is 1. The molecule has 37 heavy (non-hydrogen) atoms. The van der Waals surface area contributed by atoms with E-state index < -0.39 is 60.7 Å². The molecular formula is C23H26Cl2N4O8. The molecule has 3 rings (SSSR count). The van der Waals surface area contributed by atoms with Gasteiger partial charge in [0.1, 0.15) is 12.1 Å². The van der Waals surface area contributed by atoms with Crippen molar-refractivity contribution in [1.82, 2.24) is 20.7 Å². The first-order valence-corrected chi connectivity index (χ1v) is 12.3. The van der Waals surface area contributed by atoms with E-state index in [9.17, 15) is 33.9 Å². The number of fused-ring (bicyclic) bond motifs is 1. The molecule has 0 radical (unpaired) electrons. The number of halogens is 2. The second-order valence-corrected chi connectivity index (χ2v) is 9.35. The van der Waals surface area contributed by atoms with Gasteiger partial charge in [-0.25, -0.2) is 9.80 Å². The van der Waals surface area contributed by atoms with E-state index >= 15 is 0 Å². The number of rotatable bonds is 9. The molecule has 12 nitrogen and oxygen atoms in total. The number of hydrogen-bond donors (Lipinski definition) is 3. The van der Waals surface area contributed by atoms with Gasteiger partial charge in [0.05, 0.1) is 28.1 Å². The first-order chi connectivity index (χ1) is 17.5. The average molecular weight is 557 g/mol. The standard InChI is InChI=1S/C23H26Cl2N4O8/c1-26-14-7-8-18(31)28-9-3-6-16(29(28)22(14)35)21(34)27-15(10-19(32)33)17(30)11-37-23(36)20-12(24)4-2-5-13(20)25/h2,4-5,14-16,26H,3,6-11H2,1H3,(H,27,34)(H,32,33)/t14-,15-,16-/m0/s1. The number of carboxylic acid groups (broad SMARTS) is 1. The largest absolute Gasteiger partial charge is 0.481 e. The number of amides is 3. The first-order valence-electron chi connectivity index (χ1n) is 11.5. The van der Waals surface area contributed by atoms with E-state index in [0.717, 1.165) is 5.01 Å². The molecule has 200 valence electrons. The van der Waals surface area contributed by atoms with Crippen LogP contribution in [0.1, 0.15) is 42.5 Å². The summed E-state index contributed by atoms with van der Waals surface area (Å²) in [5.74, 6) is -4.87. The highest BCUT2D eigenvalue weighted by Gasteiger charge is 2.44. The molecule has 2 aliphatic rings. The summed E-state index contributed by atoms with van der Waals surface area (Å²) >= 11 is 11.9. The van der Waals surface area contributed by atoms with Crippen LogP contribution in [-0.2, 0) is 28.7 Å². The van der Waals surface area contributed by atoms with Crippen LogP contribution in [0.4, 0.5) is 0 Å². The van der Waals surface area contributed by atoms with Gasteiger partial charge in [0.15, 0.2) is 12.4 Å². The second kappa shape index (κ2) is 12.3. The fourth-order valence-electron chi connectivity index (χ4n) is 4.23.